The van der Waals surface area contributed by atoms with Crippen LogP contribution in [0.1, 0.15) is 12.8 Å². The van der Waals surface area contributed by atoms with Crippen molar-refractivity contribution in [3.8, 4) is 11.1 Å². The maximum absolute atomic E-state index is 12.9. The summed E-state index contributed by atoms with van der Waals surface area (Å²) in [5, 5.41) is 3.79. The normalized spacial score (nSPS) is 17.0. The van der Waals surface area contributed by atoms with E-state index in [-0.39, 0.29) is 18.9 Å². The fraction of sp³-hybridized carbons (Fsp3) is 0.250. The van der Waals surface area contributed by atoms with Gasteiger partial charge in [0.1, 0.15) is 5.65 Å². The number of aromatic nitrogens is 6. The monoisotopic (exact) mass is 341 g/mol. The summed E-state index contributed by atoms with van der Waals surface area (Å²) in [5.41, 5.74) is 2.46. The molecule has 5 rings (SSSR count). The van der Waals surface area contributed by atoms with Crippen molar-refractivity contribution in [1.82, 2.24) is 29.3 Å². The lowest BCUT2D eigenvalue weighted by Gasteiger charge is -2.35. The first kappa shape index (κ1) is 14.3. The molecule has 4 heterocycles. The van der Waals surface area contributed by atoms with E-state index in [2.05, 4.69) is 30.2 Å². The molecule has 25 heavy (non-hydrogen) atoms. The lowest BCUT2D eigenvalue weighted by atomic mass is 9.88. The quantitative estimate of drug-likeness (QED) is 0.599. The first-order valence-corrected chi connectivity index (χ1v) is 7.85. The number of hydrogen-bond donors (Lipinski definition) is 2. The number of fused-ring (bicyclic) bond motifs is 2. The minimum Gasteiger partial charge on any atom is -0.351 e. The van der Waals surface area contributed by atoms with Gasteiger partial charge in [-0.15, -0.1) is 0 Å². The van der Waals surface area contributed by atoms with Crippen LogP contribution in [0.4, 0.5) is 14.7 Å². The Labute approximate surface area is 140 Å². The Morgan fingerprint density at radius 2 is 2.08 bits per heavy atom. The summed E-state index contributed by atoms with van der Waals surface area (Å²) < 4.78 is 27.7. The molecular weight excluding hydrogens is 328 g/mol. The van der Waals surface area contributed by atoms with Crippen LogP contribution in [0.25, 0.3) is 27.9 Å². The van der Waals surface area contributed by atoms with E-state index in [1.165, 1.54) is 0 Å². The fourth-order valence-corrected chi connectivity index (χ4v) is 3.12. The summed E-state index contributed by atoms with van der Waals surface area (Å²) in [5.74, 6) is -1.59. The van der Waals surface area contributed by atoms with E-state index in [4.69, 9.17) is 0 Å². The number of H-pyrrole nitrogens is 1. The molecule has 4 aromatic rings. The lowest BCUT2D eigenvalue weighted by Crippen LogP contribution is -2.44. The Bertz CT molecular complexity index is 1080. The predicted octanol–water partition coefficient (Wildman–Crippen LogP) is 2.88. The van der Waals surface area contributed by atoms with Gasteiger partial charge < -0.3 is 10.3 Å². The Hall–Kier alpha value is -3.10. The van der Waals surface area contributed by atoms with E-state index in [0.717, 1.165) is 16.5 Å². The van der Waals surface area contributed by atoms with E-state index >= 15 is 0 Å². The highest BCUT2D eigenvalue weighted by Crippen LogP contribution is 2.38. The van der Waals surface area contributed by atoms with Gasteiger partial charge in [-0.2, -0.15) is 4.98 Å². The molecular formula is C16H13F2N7. The zero-order chi connectivity index (χ0) is 17.0. The van der Waals surface area contributed by atoms with Gasteiger partial charge in [0.15, 0.2) is 0 Å². The second kappa shape index (κ2) is 4.95. The number of alkyl halides is 2. The third-order valence-corrected chi connectivity index (χ3v) is 4.41. The highest BCUT2D eigenvalue weighted by Gasteiger charge is 2.45. The Kier molecular flexibility index (Phi) is 2.82. The second-order valence-corrected chi connectivity index (χ2v) is 6.24. The molecule has 0 spiro atoms. The van der Waals surface area contributed by atoms with Crippen LogP contribution < -0.4 is 5.32 Å². The molecule has 1 aliphatic rings. The molecule has 1 saturated carbocycles. The third kappa shape index (κ3) is 2.39. The molecule has 7 nitrogen and oxygen atoms in total. The number of anilines is 1. The number of nitrogens with zero attached hydrogens (tertiary/aromatic N) is 5. The first-order valence-electron chi connectivity index (χ1n) is 7.85. The molecule has 0 atom stereocenters. The number of imidazole rings is 1. The fourth-order valence-electron chi connectivity index (χ4n) is 3.12. The molecule has 0 radical (unpaired) electrons. The standard InChI is InChI=1S/C16H13F2N7/c17-16(18)3-10(4-16)23-14-21-7-12-11(6-20-13(12)24-14)9-5-22-15-19-1-2-25(15)8-9/h1-2,5-8,10H,3-4H2,(H2,20,21,23,24). The number of nitrogens with one attached hydrogen (secondary N) is 2. The molecule has 0 aromatic carbocycles. The summed E-state index contributed by atoms with van der Waals surface area (Å²) in [4.78, 5) is 20.2. The van der Waals surface area contributed by atoms with Crippen LogP contribution in [0.3, 0.4) is 0 Å². The van der Waals surface area contributed by atoms with E-state index in [0.29, 0.717) is 17.4 Å². The van der Waals surface area contributed by atoms with Crippen molar-refractivity contribution in [1.29, 1.82) is 0 Å². The van der Waals surface area contributed by atoms with Crippen LogP contribution in [0, 0.1) is 0 Å². The zero-order valence-corrected chi connectivity index (χ0v) is 12.9. The van der Waals surface area contributed by atoms with Gasteiger partial charge in [0.2, 0.25) is 11.7 Å². The van der Waals surface area contributed by atoms with Crippen molar-refractivity contribution in [2.24, 2.45) is 0 Å². The minimum atomic E-state index is -2.57. The summed E-state index contributed by atoms with van der Waals surface area (Å²) in [6.45, 7) is 0. The van der Waals surface area contributed by atoms with Gasteiger partial charge >= 0.3 is 0 Å². The van der Waals surface area contributed by atoms with Crippen LogP contribution in [0.15, 0.2) is 37.2 Å². The van der Waals surface area contributed by atoms with Crippen molar-refractivity contribution in [2.75, 3.05) is 5.32 Å². The molecule has 4 aromatic heterocycles. The largest absolute Gasteiger partial charge is 0.351 e. The van der Waals surface area contributed by atoms with E-state index in [1.54, 1.807) is 18.6 Å². The third-order valence-electron chi connectivity index (χ3n) is 4.41. The van der Waals surface area contributed by atoms with E-state index < -0.39 is 5.92 Å². The molecule has 0 bridgehead atoms. The van der Waals surface area contributed by atoms with Gasteiger partial charge in [-0.1, -0.05) is 0 Å². The Morgan fingerprint density at radius 3 is 2.92 bits per heavy atom. The minimum absolute atomic E-state index is 0.180. The molecule has 9 heteroatoms. The van der Waals surface area contributed by atoms with Crippen LogP contribution >= 0.6 is 0 Å². The zero-order valence-electron chi connectivity index (χ0n) is 12.9. The smallest absolute Gasteiger partial charge is 0.252 e. The molecule has 0 amide bonds. The van der Waals surface area contributed by atoms with Crippen molar-refractivity contribution in [3.63, 3.8) is 0 Å². The topological polar surface area (TPSA) is 83.8 Å². The van der Waals surface area contributed by atoms with E-state index in [9.17, 15) is 8.78 Å². The van der Waals surface area contributed by atoms with Gasteiger partial charge in [-0.05, 0) is 0 Å². The SMILES string of the molecule is FC1(F)CC(Nc2ncc3c(-c4cnc5nccn5c4)c[nH]c3n2)C1. The number of halogens is 2. The van der Waals surface area contributed by atoms with Crippen molar-refractivity contribution >= 4 is 22.8 Å². The van der Waals surface area contributed by atoms with Gasteiger partial charge in [0, 0.05) is 72.6 Å². The average Bonchev–Trinajstić information content (AvgIpc) is 3.18. The number of rotatable bonds is 3. The van der Waals surface area contributed by atoms with Crippen LogP contribution in [-0.2, 0) is 0 Å². The van der Waals surface area contributed by atoms with Crippen molar-refractivity contribution in [3.05, 3.63) is 37.2 Å². The Morgan fingerprint density at radius 1 is 1.20 bits per heavy atom. The van der Waals surface area contributed by atoms with Gasteiger partial charge in [-0.25, -0.2) is 23.7 Å². The number of aromatic amines is 1. The Balaban J connectivity index is 1.46. The number of hydrogen-bond acceptors (Lipinski definition) is 5. The summed E-state index contributed by atoms with van der Waals surface area (Å²) in [6, 6.07) is -0.283. The molecule has 2 N–H and O–H groups in total. The molecule has 1 aliphatic carbocycles. The van der Waals surface area contributed by atoms with Crippen LogP contribution in [-0.4, -0.2) is 41.3 Å². The molecule has 0 aliphatic heterocycles. The van der Waals surface area contributed by atoms with Crippen molar-refractivity contribution < 1.29 is 8.78 Å². The summed E-state index contributed by atoms with van der Waals surface area (Å²) in [6.07, 6.45) is 10.3. The van der Waals surface area contributed by atoms with E-state index in [1.807, 2.05) is 23.0 Å². The first-order chi connectivity index (χ1) is 12.1. The maximum atomic E-state index is 12.9. The highest BCUT2D eigenvalue weighted by molar-refractivity contribution is 5.93. The molecule has 1 fully saturated rings. The van der Waals surface area contributed by atoms with Gasteiger partial charge in [-0.3, -0.25) is 4.40 Å². The van der Waals surface area contributed by atoms with Crippen LogP contribution in [0.2, 0.25) is 0 Å². The van der Waals surface area contributed by atoms with Crippen LogP contribution in [0.5, 0.6) is 0 Å². The summed E-state index contributed by atoms with van der Waals surface area (Å²) in [7, 11) is 0. The molecule has 0 unspecified atom stereocenters. The maximum Gasteiger partial charge on any atom is 0.252 e. The van der Waals surface area contributed by atoms with Crippen molar-refractivity contribution in [2.45, 2.75) is 24.8 Å². The van der Waals surface area contributed by atoms with Gasteiger partial charge in [0.25, 0.3) is 5.92 Å². The van der Waals surface area contributed by atoms with Gasteiger partial charge in [0.05, 0.1) is 0 Å². The predicted molar refractivity (Wildman–Crippen MR) is 87.5 cm³/mol. The molecule has 0 saturated heterocycles. The highest BCUT2D eigenvalue weighted by atomic mass is 19.3. The average molecular weight is 341 g/mol. The second-order valence-electron chi connectivity index (χ2n) is 6.24. The molecule has 126 valence electrons. The summed E-state index contributed by atoms with van der Waals surface area (Å²) >= 11 is 0. The lowest BCUT2D eigenvalue weighted by molar-refractivity contribution is -0.0794.